The Hall–Kier alpha value is -3.94. The van der Waals surface area contributed by atoms with Crippen LogP contribution in [0.1, 0.15) is 51.2 Å². The Morgan fingerprint density at radius 3 is 2.14 bits per heavy atom. The fraction of sp³-hybridized carbons (Fsp3) is 0.231. The van der Waals surface area contributed by atoms with Crippen LogP contribution in [-0.4, -0.2) is 30.1 Å². The molecule has 2 aromatic carbocycles. The lowest BCUT2D eigenvalue weighted by Crippen LogP contribution is -2.04. The highest BCUT2D eigenvalue weighted by Crippen LogP contribution is 2.34. The number of benzene rings is 2. The van der Waals surface area contributed by atoms with Crippen molar-refractivity contribution in [3.63, 3.8) is 0 Å². The Morgan fingerprint density at radius 1 is 0.972 bits per heavy atom. The molecular weight excluding hydrogens is 500 g/mol. The number of nitro groups is 1. The van der Waals surface area contributed by atoms with Gasteiger partial charge in [0.25, 0.3) is 5.69 Å². The molecule has 0 fully saturated rings. The average molecular weight is 525 g/mol. The van der Waals surface area contributed by atoms with Crippen LogP contribution in [-0.2, 0) is 15.9 Å². The third kappa shape index (κ3) is 5.48. The third-order valence-corrected chi connectivity index (χ3v) is 7.43. The fourth-order valence-corrected chi connectivity index (χ4v) is 5.89. The molecule has 36 heavy (non-hydrogen) atoms. The number of hydrogen-bond donors (Lipinski definition) is 1. The van der Waals surface area contributed by atoms with E-state index in [0.29, 0.717) is 32.0 Å². The number of carbonyl (C=O) groups is 2. The van der Waals surface area contributed by atoms with Gasteiger partial charge in [-0.25, -0.2) is 9.59 Å². The van der Waals surface area contributed by atoms with Gasteiger partial charge in [-0.3, -0.25) is 10.1 Å². The summed E-state index contributed by atoms with van der Waals surface area (Å²) in [5.41, 5.74) is 7.92. The predicted molar refractivity (Wildman–Crippen MR) is 144 cm³/mol. The maximum absolute atomic E-state index is 11.8. The number of nitro benzene ring substituents is 1. The zero-order chi connectivity index (χ0) is 26.4. The first-order valence-electron chi connectivity index (χ1n) is 11.1. The molecule has 4 aromatic rings. The van der Waals surface area contributed by atoms with E-state index in [1.165, 1.54) is 23.5 Å². The molecule has 0 unspecified atom stereocenters. The van der Waals surface area contributed by atoms with Gasteiger partial charge < -0.3 is 15.2 Å². The van der Waals surface area contributed by atoms with Crippen LogP contribution in [0.15, 0.2) is 36.4 Å². The number of esters is 2. The van der Waals surface area contributed by atoms with Gasteiger partial charge in [0.2, 0.25) is 0 Å². The number of aryl methyl sites for hydroxylation is 1. The number of fused-ring (bicyclic) bond motifs is 2. The van der Waals surface area contributed by atoms with Gasteiger partial charge in [-0.1, -0.05) is 18.9 Å². The number of anilines is 1. The first-order chi connectivity index (χ1) is 17.2. The summed E-state index contributed by atoms with van der Waals surface area (Å²) >= 11 is 2.56. The maximum atomic E-state index is 11.8. The molecule has 0 saturated heterocycles. The number of hydrogen-bond acceptors (Lipinski definition) is 9. The summed E-state index contributed by atoms with van der Waals surface area (Å²) in [6.45, 7) is 6.20. The lowest BCUT2D eigenvalue weighted by atomic mass is 10.1. The minimum atomic E-state index is -0.501. The van der Waals surface area contributed by atoms with Crippen molar-refractivity contribution in [2.75, 3.05) is 18.9 Å². The average Bonchev–Trinajstić information content (AvgIpc) is 3.41. The van der Waals surface area contributed by atoms with E-state index < -0.39 is 10.9 Å². The molecule has 0 aliphatic heterocycles. The van der Waals surface area contributed by atoms with Crippen molar-refractivity contribution in [3.8, 4) is 12.3 Å². The molecule has 0 atom stereocenters. The summed E-state index contributed by atoms with van der Waals surface area (Å²) in [7, 11) is 0. The van der Waals surface area contributed by atoms with Crippen molar-refractivity contribution in [2.24, 2.45) is 0 Å². The van der Waals surface area contributed by atoms with E-state index in [9.17, 15) is 19.7 Å². The van der Waals surface area contributed by atoms with Crippen LogP contribution < -0.4 is 5.73 Å². The highest BCUT2D eigenvalue weighted by atomic mass is 32.1. The molecule has 2 aromatic heterocycles. The maximum Gasteiger partial charge on any atom is 0.349 e. The van der Waals surface area contributed by atoms with E-state index in [2.05, 4.69) is 5.92 Å². The first kappa shape index (κ1) is 26.7. The number of thiophene rings is 2. The fourth-order valence-electron chi connectivity index (χ4n) is 3.56. The molecule has 0 saturated carbocycles. The van der Waals surface area contributed by atoms with Crippen LogP contribution in [0.25, 0.3) is 20.2 Å². The molecule has 0 amide bonds. The van der Waals surface area contributed by atoms with Crippen LogP contribution in [0, 0.1) is 22.5 Å². The Balaban J connectivity index is 0.000000202. The summed E-state index contributed by atoms with van der Waals surface area (Å²) in [4.78, 5) is 34.8. The van der Waals surface area contributed by atoms with Gasteiger partial charge >= 0.3 is 11.9 Å². The SMILES string of the molecule is C#Cc1c(C(=O)OCC)sc2cc([N+](=O)[O-])ccc12.CCOC(=O)c1sc2cc(N)ccc2c1CC. The number of non-ortho nitro benzene ring substituents is 1. The predicted octanol–water partition coefficient (Wildman–Crippen LogP) is 6.19. The summed E-state index contributed by atoms with van der Waals surface area (Å²) in [5, 5.41) is 12.5. The second-order valence-electron chi connectivity index (χ2n) is 7.35. The first-order valence-corrected chi connectivity index (χ1v) is 12.7. The Kier molecular flexibility index (Phi) is 8.64. The zero-order valence-corrected chi connectivity index (χ0v) is 21.6. The van der Waals surface area contributed by atoms with E-state index in [1.54, 1.807) is 13.0 Å². The van der Waals surface area contributed by atoms with Gasteiger partial charge in [-0.2, -0.15) is 0 Å². The number of nitrogen functional groups attached to an aromatic ring is 1. The van der Waals surface area contributed by atoms with E-state index >= 15 is 0 Å². The number of terminal acetylenes is 1. The van der Waals surface area contributed by atoms with Gasteiger partial charge in [0.15, 0.2) is 0 Å². The molecule has 0 bridgehead atoms. The van der Waals surface area contributed by atoms with Crippen LogP contribution in [0.2, 0.25) is 0 Å². The van der Waals surface area contributed by atoms with Crippen molar-refractivity contribution < 1.29 is 24.0 Å². The van der Waals surface area contributed by atoms with Crippen molar-refractivity contribution >= 4 is 66.2 Å². The second-order valence-corrected chi connectivity index (χ2v) is 9.45. The van der Waals surface area contributed by atoms with Crippen molar-refractivity contribution in [2.45, 2.75) is 27.2 Å². The van der Waals surface area contributed by atoms with Gasteiger partial charge in [0, 0.05) is 32.6 Å². The number of nitrogens with two attached hydrogens (primary N) is 1. The summed E-state index contributed by atoms with van der Waals surface area (Å²) in [6, 6.07) is 10.1. The molecule has 4 rings (SSSR count). The highest BCUT2D eigenvalue weighted by molar-refractivity contribution is 7.21. The zero-order valence-electron chi connectivity index (χ0n) is 20.0. The van der Waals surface area contributed by atoms with Crippen molar-refractivity contribution in [1.29, 1.82) is 0 Å². The number of ether oxygens (including phenoxy) is 2. The molecule has 0 radical (unpaired) electrons. The number of nitrogens with zero attached hydrogens (tertiary/aromatic N) is 1. The summed E-state index contributed by atoms with van der Waals surface area (Å²) < 4.78 is 11.6. The van der Waals surface area contributed by atoms with E-state index in [1.807, 2.05) is 32.0 Å². The smallest absolute Gasteiger partial charge is 0.349 e. The van der Waals surface area contributed by atoms with Gasteiger partial charge in [0.1, 0.15) is 9.75 Å². The molecule has 0 aliphatic carbocycles. The van der Waals surface area contributed by atoms with E-state index in [4.69, 9.17) is 21.6 Å². The van der Waals surface area contributed by atoms with Gasteiger partial charge in [-0.15, -0.1) is 29.1 Å². The lowest BCUT2D eigenvalue weighted by molar-refractivity contribution is -0.384. The molecule has 10 heteroatoms. The molecule has 0 spiro atoms. The lowest BCUT2D eigenvalue weighted by Gasteiger charge is -2.01. The van der Waals surface area contributed by atoms with Crippen molar-refractivity contribution in [1.82, 2.24) is 0 Å². The van der Waals surface area contributed by atoms with E-state index in [-0.39, 0.29) is 18.3 Å². The Labute approximate surface area is 215 Å². The third-order valence-electron chi connectivity index (χ3n) is 5.12. The number of carbonyl (C=O) groups excluding carboxylic acids is 2. The topological polar surface area (TPSA) is 122 Å². The molecule has 186 valence electrons. The van der Waals surface area contributed by atoms with Crippen LogP contribution in [0.4, 0.5) is 11.4 Å². The largest absolute Gasteiger partial charge is 0.462 e. The minimum absolute atomic E-state index is 0.0345. The molecule has 8 nitrogen and oxygen atoms in total. The van der Waals surface area contributed by atoms with Gasteiger partial charge in [0.05, 0.1) is 23.7 Å². The van der Waals surface area contributed by atoms with Crippen LogP contribution >= 0.6 is 22.7 Å². The number of rotatable bonds is 6. The molecule has 2 heterocycles. The molecular formula is C26H24N2O6S2. The highest BCUT2D eigenvalue weighted by Gasteiger charge is 2.20. The minimum Gasteiger partial charge on any atom is -0.462 e. The van der Waals surface area contributed by atoms with Crippen LogP contribution in [0.5, 0.6) is 0 Å². The quantitative estimate of drug-likeness (QED) is 0.105. The van der Waals surface area contributed by atoms with Crippen LogP contribution in [0.3, 0.4) is 0 Å². The summed E-state index contributed by atoms with van der Waals surface area (Å²) in [5.74, 6) is 1.71. The van der Waals surface area contributed by atoms with Gasteiger partial charge in [-0.05, 0) is 49.4 Å². The Bertz CT molecular complexity index is 1500. The van der Waals surface area contributed by atoms with E-state index in [0.717, 1.165) is 39.1 Å². The van der Waals surface area contributed by atoms with Crippen molar-refractivity contribution in [3.05, 3.63) is 67.4 Å². The monoisotopic (exact) mass is 524 g/mol. The summed E-state index contributed by atoms with van der Waals surface area (Å²) in [6.07, 6.45) is 6.23. The normalized spacial score (nSPS) is 10.4. The molecule has 2 N–H and O–H groups in total. The molecule has 0 aliphatic rings. The standard InChI is InChI=1S/C13H9NO4S.C13H15NO2S/c1-3-9-10-6-5-8(14(16)17)7-11(10)19-12(9)13(15)18-4-2;1-3-9-10-6-5-8(14)7-11(10)17-12(9)13(15)16-4-2/h1,5-7H,4H2,2H3;5-7H,3-4,14H2,1-2H3. The Morgan fingerprint density at radius 2 is 1.56 bits per heavy atom. The second kappa shape index (κ2) is 11.7.